The number of aromatic hydroxyl groups is 1. The van der Waals surface area contributed by atoms with Crippen LogP contribution < -0.4 is 5.32 Å². The van der Waals surface area contributed by atoms with E-state index in [0.29, 0.717) is 17.3 Å². The van der Waals surface area contributed by atoms with Crippen LogP contribution in [-0.2, 0) is 14.4 Å². The molecule has 13 heteroatoms. The van der Waals surface area contributed by atoms with E-state index in [1.54, 1.807) is 58.1 Å². The van der Waals surface area contributed by atoms with Crippen LogP contribution >= 0.6 is 11.8 Å². The summed E-state index contributed by atoms with van der Waals surface area (Å²) in [4.78, 5) is 79.4. The summed E-state index contributed by atoms with van der Waals surface area (Å²) in [5.41, 5.74) is -1.04. The zero-order valence-electron chi connectivity index (χ0n) is 32.0. The lowest BCUT2D eigenvalue weighted by Crippen LogP contribution is -2.35. The molecule has 1 aromatic rings. The van der Waals surface area contributed by atoms with Crippen molar-refractivity contribution in [3.63, 3.8) is 0 Å². The number of thioether (sulfide) groups is 1. The number of amides is 1. The number of aliphatic carboxylic acids is 1. The molecule has 4 rings (SSSR count). The van der Waals surface area contributed by atoms with Gasteiger partial charge in [0, 0.05) is 40.9 Å². The molecule has 1 aromatic carbocycles. The first-order valence-electron chi connectivity index (χ1n) is 17.8. The van der Waals surface area contributed by atoms with Crippen LogP contribution in [0.4, 0.5) is 0 Å². The van der Waals surface area contributed by atoms with Crippen molar-refractivity contribution in [1.82, 2.24) is 5.32 Å². The Morgan fingerprint density at radius 3 is 2.13 bits per heavy atom. The van der Waals surface area contributed by atoms with Gasteiger partial charge in [0.05, 0.1) is 34.5 Å². The summed E-state index contributed by atoms with van der Waals surface area (Å²) in [6.07, 6.45) is 10.9. The average molecular weight is 776 g/mol. The maximum Gasteiger partial charge on any atom is 0.313 e. The maximum absolute atomic E-state index is 14.2. The molecule has 294 valence electrons. The predicted molar refractivity (Wildman–Crippen MR) is 210 cm³/mol. The number of carbonyl (C=O) groups excluding carboxylic acids is 5. The summed E-state index contributed by atoms with van der Waals surface area (Å²) in [6, 6.07) is 1.23. The van der Waals surface area contributed by atoms with E-state index in [-0.39, 0.29) is 40.9 Å². The van der Waals surface area contributed by atoms with Crippen LogP contribution in [0, 0.1) is 24.7 Å². The van der Waals surface area contributed by atoms with Crippen molar-refractivity contribution in [3.8, 4) is 5.75 Å². The number of phenols is 1. The average Bonchev–Trinajstić information content (AvgIpc) is 3.13. The Labute approximate surface area is 324 Å². The van der Waals surface area contributed by atoms with Crippen LogP contribution in [0.5, 0.6) is 5.75 Å². The van der Waals surface area contributed by atoms with Crippen molar-refractivity contribution in [2.75, 3.05) is 5.75 Å². The number of allylic oxidation sites excluding steroid dienone is 8. The predicted octanol–water partition coefficient (Wildman–Crippen LogP) is 5.27. The highest BCUT2D eigenvalue weighted by atomic mass is 32.2. The third-order valence-corrected chi connectivity index (χ3v) is 10.5. The van der Waals surface area contributed by atoms with E-state index in [0.717, 1.165) is 0 Å². The molecule has 0 saturated carbocycles. The number of phenolic OH excluding ortho intramolecular Hbond substituents is 1. The molecule has 1 aliphatic carbocycles. The van der Waals surface area contributed by atoms with Gasteiger partial charge in [0.2, 0.25) is 11.6 Å². The van der Waals surface area contributed by atoms with E-state index >= 15 is 0 Å². The number of aliphatic hydroxyl groups is 3. The molecule has 0 saturated heterocycles. The minimum atomic E-state index is -1.32. The lowest BCUT2D eigenvalue weighted by molar-refractivity contribution is -0.134. The standard InChI is InChI=1S/C42H49NO11S/c1-21-11-9-8-10-12-24(4)42(54)43-35-39(52)29-18-27(7)38(51)34(33(29)40(53)41(35)55-20-32(47)48)37(50)26(6)17-25(5)36(49)23(3)14-16-28(44)15-13-22(2)31(46)19-30(21)45/h8-14,16-18,21,23,25,28,30,36,44-45,49,51H,15,19-20H2,1-7H3,(H,43,54)(H,47,48)/b10-8-,11-9-,16-14-,22-13-,24-12?,26-17?/t21-,23-,25-,28-,30-,36-/m0/s1. The van der Waals surface area contributed by atoms with Crippen molar-refractivity contribution in [3.05, 3.63) is 110 Å². The van der Waals surface area contributed by atoms with Gasteiger partial charge in [-0.3, -0.25) is 28.8 Å². The highest BCUT2D eigenvalue weighted by molar-refractivity contribution is 8.04. The SMILES string of the molecule is CC1=C/C=C\C=C/[C@H](C)[C@@H](O)CC(=O)/C(C)=C\C[C@H](O)/C=C\[C@H](C)[C@H](O)[C@@H](C)C=C(C)C(=O)c2c(O)c(C)cc3c2C(=O)C(SCC(=O)O)=C(NC1=O)C3=O. The summed E-state index contributed by atoms with van der Waals surface area (Å²) in [5.74, 6) is -7.80. The van der Waals surface area contributed by atoms with Crippen LogP contribution in [0.3, 0.4) is 0 Å². The number of benzene rings is 1. The first-order valence-corrected chi connectivity index (χ1v) is 18.8. The van der Waals surface area contributed by atoms with Gasteiger partial charge in [-0.1, -0.05) is 75.5 Å². The first-order chi connectivity index (χ1) is 25.8. The van der Waals surface area contributed by atoms with Gasteiger partial charge in [-0.15, -0.1) is 11.8 Å². The number of carbonyl (C=O) groups is 6. The van der Waals surface area contributed by atoms with Gasteiger partial charge in [-0.25, -0.2) is 0 Å². The molecule has 0 aromatic heterocycles. The second-order valence-electron chi connectivity index (χ2n) is 14.0. The molecule has 0 unspecified atom stereocenters. The number of hydrogen-bond donors (Lipinski definition) is 6. The van der Waals surface area contributed by atoms with Crippen molar-refractivity contribution in [2.45, 2.75) is 79.6 Å². The Hall–Kier alpha value is -4.95. The normalized spacial score (nSPS) is 28.2. The Balaban J connectivity index is 2.17. The highest BCUT2D eigenvalue weighted by Gasteiger charge is 2.39. The first kappa shape index (κ1) is 44.4. The number of fused-ring (bicyclic) bond motifs is 18. The zero-order chi connectivity index (χ0) is 41.3. The van der Waals surface area contributed by atoms with Crippen LogP contribution in [-0.4, -0.2) is 84.6 Å². The van der Waals surface area contributed by atoms with Gasteiger partial charge in [-0.2, -0.15) is 0 Å². The Morgan fingerprint density at radius 2 is 1.47 bits per heavy atom. The third-order valence-electron chi connectivity index (χ3n) is 9.46. The molecule has 2 aliphatic heterocycles. The van der Waals surface area contributed by atoms with Gasteiger partial charge in [0.1, 0.15) is 11.4 Å². The Kier molecular flexibility index (Phi) is 15.8. The molecule has 3 aliphatic rings. The van der Waals surface area contributed by atoms with Gasteiger partial charge in [-0.05, 0) is 56.9 Å². The monoisotopic (exact) mass is 775 g/mol. The van der Waals surface area contributed by atoms with Crippen LogP contribution in [0.1, 0.15) is 91.0 Å². The van der Waals surface area contributed by atoms with E-state index in [4.69, 9.17) is 0 Å². The maximum atomic E-state index is 14.2. The summed E-state index contributed by atoms with van der Waals surface area (Å²) in [7, 11) is 0. The molecule has 12 nitrogen and oxygen atoms in total. The van der Waals surface area contributed by atoms with E-state index in [9.17, 15) is 54.3 Å². The fourth-order valence-corrected chi connectivity index (χ4v) is 6.69. The lowest BCUT2D eigenvalue weighted by Gasteiger charge is -2.25. The molecule has 2 heterocycles. The smallest absolute Gasteiger partial charge is 0.313 e. The Morgan fingerprint density at radius 1 is 0.800 bits per heavy atom. The van der Waals surface area contributed by atoms with E-state index < -0.39 is 98.5 Å². The number of carboxylic acid groups (broad SMARTS) is 1. The molecule has 6 N–H and O–H groups in total. The minimum Gasteiger partial charge on any atom is -0.507 e. The van der Waals surface area contributed by atoms with Crippen LogP contribution in [0.2, 0.25) is 0 Å². The van der Waals surface area contributed by atoms with Gasteiger partial charge >= 0.3 is 5.97 Å². The zero-order valence-corrected chi connectivity index (χ0v) is 32.8. The molecule has 0 fully saturated rings. The summed E-state index contributed by atoms with van der Waals surface area (Å²) in [5, 5.41) is 55.3. The molecule has 1 amide bonds. The van der Waals surface area contributed by atoms with Crippen molar-refractivity contribution >= 4 is 46.8 Å². The number of nitrogens with one attached hydrogen (secondary N) is 1. The highest BCUT2D eigenvalue weighted by Crippen LogP contribution is 2.39. The van der Waals surface area contributed by atoms with Crippen LogP contribution in [0.15, 0.2) is 88.1 Å². The summed E-state index contributed by atoms with van der Waals surface area (Å²) < 4.78 is 0. The van der Waals surface area contributed by atoms with Crippen molar-refractivity contribution in [1.29, 1.82) is 0 Å². The quantitative estimate of drug-likeness (QED) is 0.217. The van der Waals surface area contributed by atoms with Gasteiger partial charge in [0.25, 0.3) is 5.91 Å². The number of hydrogen-bond acceptors (Lipinski definition) is 11. The van der Waals surface area contributed by atoms with Gasteiger partial charge in [0.15, 0.2) is 11.6 Å². The number of Topliss-reactive ketones (excluding diaryl/α,β-unsaturated/α-hetero) is 4. The molecule has 0 radical (unpaired) electrons. The van der Waals surface area contributed by atoms with E-state index in [1.165, 1.54) is 51.1 Å². The molecule has 6 atom stereocenters. The molecular weight excluding hydrogens is 727 g/mol. The third kappa shape index (κ3) is 11.3. The molecule has 55 heavy (non-hydrogen) atoms. The molecular formula is C42H49NO11S. The van der Waals surface area contributed by atoms with Crippen molar-refractivity contribution in [2.24, 2.45) is 17.8 Å². The van der Waals surface area contributed by atoms with Crippen LogP contribution in [0.25, 0.3) is 0 Å². The fourth-order valence-electron chi connectivity index (χ4n) is 5.90. The second-order valence-corrected chi connectivity index (χ2v) is 15.0. The summed E-state index contributed by atoms with van der Waals surface area (Å²) >= 11 is 0.487. The van der Waals surface area contributed by atoms with Crippen molar-refractivity contribution < 1.29 is 54.3 Å². The Bertz CT molecular complexity index is 1960. The summed E-state index contributed by atoms with van der Waals surface area (Å²) in [6.45, 7) is 11.0. The second kappa shape index (κ2) is 19.6. The molecule has 4 bridgehead atoms. The fraction of sp³-hybridized carbons (Fsp3) is 0.381. The number of ketones is 4. The minimum absolute atomic E-state index is 0.0337. The van der Waals surface area contributed by atoms with E-state index in [2.05, 4.69) is 5.32 Å². The topological polar surface area (TPSA) is 216 Å². The van der Waals surface area contributed by atoms with Gasteiger partial charge < -0.3 is 30.8 Å². The number of carboxylic acids is 1. The lowest BCUT2D eigenvalue weighted by atomic mass is 9.83. The number of rotatable bonds is 3. The largest absolute Gasteiger partial charge is 0.507 e. The molecule has 0 spiro atoms. The number of aryl methyl sites for hydroxylation is 1. The number of aliphatic hydroxyl groups excluding tert-OH is 3. The van der Waals surface area contributed by atoms with E-state index in [1.807, 2.05) is 0 Å².